The Morgan fingerprint density at radius 2 is 0.719 bits per heavy atom. The molecule has 0 atom stereocenters. The summed E-state index contributed by atoms with van der Waals surface area (Å²) in [5, 5.41) is 19.7. The molecule has 2 aromatic rings. The number of aromatic hydroxyl groups is 2. The SMILES string of the molecule is CC(C)(C)c1ccc(O)c(C(C)(C)C)c1.CC(C)(C)c1ccc(O)c(C(C)(C)C)c1.[Cl-].[Cr]. The van der Waals surface area contributed by atoms with E-state index in [2.05, 4.69) is 95.2 Å². The van der Waals surface area contributed by atoms with E-state index in [4.69, 9.17) is 0 Å². The summed E-state index contributed by atoms with van der Waals surface area (Å²) in [4.78, 5) is 0. The van der Waals surface area contributed by atoms with E-state index in [9.17, 15) is 10.2 Å². The fraction of sp³-hybridized carbons (Fsp3) is 0.571. The number of phenolic OH excluding ortho intramolecular Hbond substituents is 2. The first kappa shape index (κ1) is 33.0. The Balaban J connectivity index is 0. The van der Waals surface area contributed by atoms with Crippen molar-refractivity contribution in [2.24, 2.45) is 0 Å². The first-order chi connectivity index (χ1) is 13.2. The molecule has 182 valence electrons. The van der Waals surface area contributed by atoms with Crippen molar-refractivity contribution in [3.8, 4) is 11.5 Å². The van der Waals surface area contributed by atoms with Crippen LogP contribution in [-0.2, 0) is 39.0 Å². The number of benzene rings is 2. The molecular formula is C28H44ClCrO2-. The van der Waals surface area contributed by atoms with Gasteiger partial charge in [0.05, 0.1) is 0 Å². The molecule has 0 aromatic heterocycles. The molecule has 0 bridgehead atoms. The third kappa shape index (κ3) is 9.38. The summed E-state index contributed by atoms with van der Waals surface area (Å²) in [6.45, 7) is 25.8. The van der Waals surface area contributed by atoms with E-state index < -0.39 is 0 Å². The topological polar surface area (TPSA) is 40.5 Å². The fourth-order valence-electron chi connectivity index (χ4n) is 3.21. The predicted octanol–water partition coefficient (Wildman–Crippen LogP) is 4.98. The van der Waals surface area contributed by atoms with Crippen LogP contribution >= 0.6 is 0 Å². The molecule has 2 rings (SSSR count). The summed E-state index contributed by atoms with van der Waals surface area (Å²) >= 11 is 0. The van der Waals surface area contributed by atoms with Gasteiger partial charge in [-0.3, -0.25) is 0 Å². The van der Waals surface area contributed by atoms with Crippen molar-refractivity contribution in [2.45, 2.75) is 105 Å². The maximum atomic E-state index is 9.84. The second kappa shape index (κ2) is 11.3. The van der Waals surface area contributed by atoms with Gasteiger partial charge < -0.3 is 22.6 Å². The average Bonchev–Trinajstić information content (AvgIpc) is 2.51. The van der Waals surface area contributed by atoms with E-state index in [1.54, 1.807) is 12.1 Å². The smallest absolute Gasteiger partial charge is 0.119 e. The first-order valence-corrected chi connectivity index (χ1v) is 10.9. The molecule has 0 heterocycles. The van der Waals surface area contributed by atoms with Crippen LogP contribution in [0.1, 0.15) is 105 Å². The van der Waals surface area contributed by atoms with Crippen LogP contribution in [0.15, 0.2) is 36.4 Å². The zero-order valence-corrected chi connectivity index (χ0v) is 24.2. The van der Waals surface area contributed by atoms with Gasteiger partial charge >= 0.3 is 0 Å². The molecule has 0 saturated carbocycles. The van der Waals surface area contributed by atoms with Crippen LogP contribution in [0.25, 0.3) is 0 Å². The Morgan fingerprint density at radius 3 is 0.906 bits per heavy atom. The number of hydrogen-bond donors (Lipinski definition) is 2. The van der Waals surface area contributed by atoms with Gasteiger partial charge in [0, 0.05) is 17.4 Å². The van der Waals surface area contributed by atoms with Gasteiger partial charge in [0.15, 0.2) is 0 Å². The minimum Gasteiger partial charge on any atom is -1.00 e. The maximum absolute atomic E-state index is 9.84. The molecular weight excluding hydrogens is 456 g/mol. The molecule has 0 aliphatic rings. The second-order valence-electron chi connectivity index (χ2n) is 12.5. The van der Waals surface area contributed by atoms with Crippen molar-refractivity contribution in [1.29, 1.82) is 0 Å². The second-order valence-corrected chi connectivity index (χ2v) is 12.5. The van der Waals surface area contributed by atoms with Gasteiger partial charge in [-0.1, -0.05) is 107 Å². The molecule has 0 fully saturated rings. The van der Waals surface area contributed by atoms with Crippen LogP contribution in [0.5, 0.6) is 11.5 Å². The first-order valence-electron chi connectivity index (χ1n) is 10.9. The van der Waals surface area contributed by atoms with E-state index in [0.717, 1.165) is 11.1 Å². The zero-order chi connectivity index (χ0) is 23.7. The minimum atomic E-state index is -0.00859. The van der Waals surface area contributed by atoms with Gasteiger partial charge in [-0.15, -0.1) is 0 Å². The molecule has 0 spiro atoms. The number of hydrogen-bond acceptors (Lipinski definition) is 2. The third-order valence-corrected chi connectivity index (χ3v) is 5.34. The number of rotatable bonds is 0. The standard InChI is InChI=1S/2C14H22O.ClH.Cr/c2*1-13(2,3)10-7-8-12(15)11(9-10)14(4,5)6;;/h2*7-9,15H,1-6H3;1H;/p-1. The molecule has 2 nitrogen and oxygen atoms in total. The molecule has 2 aromatic carbocycles. The van der Waals surface area contributed by atoms with Gasteiger partial charge in [0.1, 0.15) is 11.5 Å². The van der Waals surface area contributed by atoms with E-state index in [1.807, 2.05) is 12.1 Å². The van der Waals surface area contributed by atoms with Gasteiger partial charge in [-0.2, -0.15) is 0 Å². The van der Waals surface area contributed by atoms with Gasteiger partial charge in [0.25, 0.3) is 0 Å². The maximum Gasteiger partial charge on any atom is 0.119 e. The summed E-state index contributed by atoms with van der Waals surface area (Å²) in [6, 6.07) is 11.9. The number of phenols is 2. The van der Waals surface area contributed by atoms with Crippen LogP contribution in [0.4, 0.5) is 0 Å². The summed E-state index contributed by atoms with van der Waals surface area (Å²) in [5.74, 6) is 0.797. The Kier molecular flexibility index (Phi) is 11.7. The molecule has 32 heavy (non-hydrogen) atoms. The van der Waals surface area contributed by atoms with Crippen LogP contribution in [-0.4, -0.2) is 10.2 Å². The molecule has 0 saturated heterocycles. The molecule has 0 amide bonds. The van der Waals surface area contributed by atoms with E-state index in [1.165, 1.54) is 11.1 Å². The quantitative estimate of drug-likeness (QED) is 0.537. The van der Waals surface area contributed by atoms with E-state index >= 15 is 0 Å². The average molecular weight is 500 g/mol. The summed E-state index contributed by atoms with van der Waals surface area (Å²) in [5.41, 5.74) is 4.83. The Morgan fingerprint density at radius 1 is 0.469 bits per heavy atom. The zero-order valence-electron chi connectivity index (χ0n) is 22.1. The fourth-order valence-corrected chi connectivity index (χ4v) is 3.21. The van der Waals surface area contributed by atoms with Crippen LogP contribution in [0.2, 0.25) is 0 Å². The molecule has 0 radical (unpaired) electrons. The summed E-state index contributed by atoms with van der Waals surface area (Å²) in [6.07, 6.45) is 0. The Labute approximate surface area is 214 Å². The molecule has 2 N–H and O–H groups in total. The van der Waals surface area contributed by atoms with E-state index in [0.29, 0.717) is 11.5 Å². The predicted molar refractivity (Wildman–Crippen MR) is 131 cm³/mol. The van der Waals surface area contributed by atoms with Gasteiger partial charge in [-0.25, -0.2) is 0 Å². The van der Waals surface area contributed by atoms with Crippen molar-refractivity contribution < 1.29 is 40.0 Å². The van der Waals surface area contributed by atoms with Gasteiger partial charge in [-0.05, 0) is 56.0 Å². The van der Waals surface area contributed by atoms with Gasteiger partial charge in [0.2, 0.25) is 0 Å². The van der Waals surface area contributed by atoms with Crippen molar-refractivity contribution >= 4 is 0 Å². The van der Waals surface area contributed by atoms with E-state index in [-0.39, 0.29) is 51.4 Å². The third-order valence-electron chi connectivity index (χ3n) is 5.34. The molecule has 0 unspecified atom stereocenters. The normalized spacial score (nSPS) is 12.1. The van der Waals surface area contributed by atoms with Crippen LogP contribution in [0, 0.1) is 0 Å². The van der Waals surface area contributed by atoms with Crippen molar-refractivity contribution in [3.05, 3.63) is 58.7 Å². The number of halogens is 1. The van der Waals surface area contributed by atoms with Crippen molar-refractivity contribution in [3.63, 3.8) is 0 Å². The minimum absolute atomic E-state index is 0. The van der Waals surface area contributed by atoms with Crippen molar-refractivity contribution in [2.75, 3.05) is 0 Å². The monoisotopic (exact) mass is 499 g/mol. The summed E-state index contributed by atoms with van der Waals surface area (Å²) < 4.78 is 0. The van der Waals surface area contributed by atoms with Crippen LogP contribution < -0.4 is 12.4 Å². The molecule has 4 heteroatoms. The largest absolute Gasteiger partial charge is 1.00 e. The molecule has 0 aliphatic heterocycles. The van der Waals surface area contributed by atoms with Crippen LogP contribution in [0.3, 0.4) is 0 Å². The molecule has 0 aliphatic carbocycles. The Hall–Kier alpha value is -1.14. The van der Waals surface area contributed by atoms with Crippen molar-refractivity contribution in [1.82, 2.24) is 0 Å². The Bertz CT molecular complexity index is 787. The summed E-state index contributed by atoms with van der Waals surface area (Å²) in [7, 11) is 0.